The van der Waals surface area contributed by atoms with Gasteiger partial charge in [-0.15, -0.1) is 0 Å². The summed E-state index contributed by atoms with van der Waals surface area (Å²) in [6.45, 7) is 14.0. The number of carbonyl (C=O) groups is 4. The van der Waals surface area contributed by atoms with E-state index < -0.39 is 41.5 Å². The van der Waals surface area contributed by atoms with E-state index in [-0.39, 0.29) is 24.8 Å². The summed E-state index contributed by atoms with van der Waals surface area (Å²) in [4.78, 5) is 53.9. The molecule has 3 amide bonds. The molecule has 0 spiro atoms. The molecule has 0 aromatic heterocycles. The van der Waals surface area contributed by atoms with Gasteiger partial charge >= 0.3 is 5.97 Å². The molecule has 4 atom stereocenters. The summed E-state index contributed by atoms with van der Waals surface area (Å²) in [6.07, 6.45) is 1.62. The Morgan fingerprint density at radius 3 is 2.46 bits per heavy atom. The van der Waals surface area contributed by atoms with Crippen molar-refractivity contribution in [2.75, 3.05) is 25.5 Å². The lowest BCUT2D eigenvalue weighted by molar-refractivity contribution is -0.159. The van der Waals surface area contributed by atoms with Crippen LogP contribution in [-0.2, 0) is 30.3 Å². The van der Waals surface area contributed by atoms with E-state index in [4.69, 9.17) is 15.2 Å². The number of rotatable bonds is 12. The van der Waals surface area contributed by atoms with Crippen molar-refractivity contribution in [2.24, 2.45) is 5.41 Å². The van der Waals surface area contributed by atoms with Crippen LogP contribution in [0.1, 0.15) is 83.7 Å². The monoisotopic (exact) mass is 546 g/mol. The van der Waals surface area contributed by atoms with E-state index in [0.717, 1.165) is 12.0 Å². The van der Waals surface area contributed by atoms with E-state index in [9.17, 15) is 19.2 Å². The van der Waals surface area contributed by atoms with Crippen LogP contribution >= 0.6 is 0 Å². The summed E-state index contributed by atoms with van der Waals surface area (Å²) < 4.78 is 10.9. The first-order valence-corrected chi connectivity index (χ1v) is 13.9. The van der Waals surface area contributed by atoms with Crippen molar-refractivity contribution in [3.8, 4) is 0 Å². The highest BCUT2D eigenvalue weighted by Crippen LogP contribution is 2.24. The number of amides is 3. The van der Waals surface area contributed by atoms with Gasteiger partial charge in [-0.05, 0) is 55.4 Å². The summed E-state index contributed by atoms with van der Waals surface area (Å²) in [5.41, 5.74) is 7.24. The SMILES string of the molecule is CCCO[C@@H]1COC(=O)C[C@@H]1NC(=O)[C@H](C)N(CCC)C(=O)[C@@H](NC(=O)c1ccc(N)c(CC)c1)C(C)(C)C. The van der Waals surface area contributed by atoms with Gasteiger partial charge in [-0.3, -0.25) is 19.2 Å². The van der Waals surface area contributed by atoms with Crippen LogP contribution < -0.4 is 16.4 Å². The van der Waals surface area contributed by atoms with Crippen LogP contribution in [-0.4, -0.2) is 72.6 Å². The molecular weight excluding hydrogens is 500 g/mol. The molecule has 0 radical (unpaired) electrons. The Labute approximate surface area is 232 Å². The number of hydrogen-bond donors (Lipinski definition) is 3. The highest BCUT2D eigenvalue weighted by Gasteiger charge is 2.40. The Balaban J connectivity index is 2.25. The first-order valence-electron chi connectivity index (χ1n) is 13.9. The third-order valence-corrected chi connectivity index (χ3v) is 6.88. The molecule has 39 heavy (non-hydrogen) atoms. The van der Waals surface area contributed by atoms with Gasteiger partial charge in [-0.1, -0.05) is 41.5 Å². The molecule has 218 valence electrons. The van der Waals surface area contributed by atoms with E-state index in [1.54, 1.807) is 25.1 Å². The van der Waals surface area contributed by atoms with Crippen molar-refractivity contribution >= 4 is 29.4 Å². The predicted molar refractivity (Wildman–Crippen MR) is 150 cm³/mol. The Hall–Kier alpha value is -3.14. The number of anilines is 1. The minimum atomic E-state index is -0.889. The smallest absolute Gasteiger partial charge is 0.308 e. The fourth-order valence-corrected chi connectivity index (χ4v) is 4.50. The molecule has 4 N–H and O–H groups in total. The Kier molecular flexibility index (Phi) is 11.8. The topological polar surface area (TPSA) is 140 Å². The van der Waals surface area contributed by atoms with Gasteiger partial charge < -0.3 is 30.7 Å². The number of ether oxygens (including phenoxy) is 2. The van der Waals surface area contributed by atoms with Gasteiger partial charge in [-0.2, -0.15) is 0 Å². The molecule has 10 nitrogen and oxygen atoms in total. The first kappa shape index (κ1) is 32.1. The van der Waals surface area contributed by atoms with Crippen LogP contribution in [0.3, 0.4) is 0 Å². The van der Waals surface area contributed by atoms with E-state index in [1.807, 2.05) is 41.5 Å². The normalized spacial score (nSPS) is 19.0. The molecule has 1 heterocycles. The third kappa shape index (κ3) is 8.68. The second-order valence-corrected chi connectivity index (χ2v) is 11.2. The van der Waals surface area contributed by atoms with Gasteiger partial charge in [0.25, 0.3) is 5.91 Å². The zero-order valence-corrected chi connectivity index (χ0v) is 24.5. The average molecular weight is 547 g/mol. The summed E-state index contributed by atoms with van der Waals surface area (Å²) in [5.74, 6) is -1.54. The fraction of sp³-hybridized carbons (Fsp3) is 0.655. The van der Waals surface area contributed by atoms with Crippen LogP contribution in [0.15, 0.2) is 18.2 Å². The van der Waals surface area contributed by atoms with Gasteiger partial charge in [0.05, 0.1) is 12.5 Å². The molecule has 1 aromatic rings. The zero-order chi connectivity index (χ0) is 29.3. The van der Waals surface area contributed by atoms with Gasteiger partial charge in [0, 0.05) is 24.4 Å². The Morgan fingerprint density at radius 1 is 1.18 bits per heavy atom. The number of nitrogens with zero attached hydrogens (tertiary/aromatic N) is 1. The number of nitrogens with two attached hydrogens (primary N) is 1. The molecule has 1 aliphatic heterocycles. The summed E-state index contributed by atoms with van der Waals surface area (Å²) >= 11 is 0. The Morgan fingerprint density at radius 2 is 1.87 bits per heavy atom. The molecule has 0 bridgehead atoms. The number of carbonyl (C=O) groups excluding carboxylic acids is 4. The average Bonchev–Trinajstić information content (AvgIpc) is 2.88. The van der Waals surface area contributed by atoms with E-state index >= 15 is 0 Å². The number of esters is 1. The Bertz CT molecular complexity index is 1020. The third-order valence-electron chi connectivity index (χ3n) is 6.88. The highest BCUT2D eigenvalue weighted by molar-refractivity contribution is 5.99. The van der Waals surface area contributed by atoms with E-state index in [2.05, 4.69) is 10.6 Å². The minimum absolute atomic E-state index is 0.00340. The molecule has 0 unspecified atom stereocenters. The molecule has 10 heteroatoms. The fourth-order valence-electron chi connectivity index (χ4n) is 4.50. The summed E-state index contributed by atoms with van der Waals surface area (Å²) in [5, 5.41) is 5.82. The largest absolute Gasteiger partial charge is 0.463 e. The van der Waals surface area contributed by atoms with Crippen molar-refractivity contribution < 1.29 is 28.7 Å². The van der Waals surface area contributed by atoms with Crippen LogP contribution in [0.25, 0.3) is 0 Å². The maximum atomic E-state index is 13.9. The zero-order valence-electron chi connectivity index (χ0n) is 24.5. The van der Waals surface area contributed by atoms with Crippen molar-refractivity contribution in [3.05, 3.63) is 29.3 Å². The van der Waals surface area contributed by atoms with E-state index in [0.29, 0.717) is 37.2 Å². The molecule has 1 saturated heterocycles. The number of cyclic esters (lactones) is 1. The summed E-state index contributed by atoms with van der Waals surface area (Å²) in [6, 6.07) is 2.78. The number of hydrogen-bond acceptors (Lipinski definition) is 7. The van der Waals surface area contributed by atoms with E-state index in [1.165, 1.54) is 4.90 Å². The maximum Gasteiger partial charge on any atom is 0.308 e. The lowest BCUT2D eigenvalue weighted by Gasteiger charge is -2.38. The highest BCUT2D eigenvalue weighted by atomic mass is 16.6. The molecule has 2 rings (SSSR count). The van der Waals surface area contributed by atoms with Crippen LogP contribution in [0, 0.1) is 5.41 Å². The molecule has 0 aliphatic carbocycles. The van der Waals surface area contributed by atoms with Crippen LogP contribution in [0.2, 0.25) is 0 Å². The number of nitrogen functional groups attached to an aromatic ring is 1. The molecule has 1 aliphatic rings. The van der Waals surface area contributed by atoms with Crippen LogP contribution in [0.4, 0.5) is 5.69 Å². The standard InChI is InChI=1S/C29H46N4O6/c1-8-13-33(18(4)26(35)31-22-16-24(34)39-17-23(22)38-14-9-2)28(37)25(29(5,6)7)32-27(36)20-11-12-21(30)19(10-3)15-20/h11-12,15,18,22-23,25H,8-10,13-14,16-17,30H2,1-7H3,(H,31,35)(H,32,36)/t18-,22-,23+,25+/m0/s1. The minimum Gasteiger partial charge on any atom is -0.463 e. The number of benzene rings is 1. The number of nitrogens with one attached hydrogen (secondary N) is 2. The van der Waals surface area contributed by atoms with Crippen LogP contribution in [0.5, 0.6) is 0 Å². The second-order valence-electron chi connectivity index (χ2n) is 11.2. The van der Waals surface area contributed by atoms with Crippen molar-refractivity contribution in [1.29, 1.82) is 0 Å². The van der Waals surface area contributed by atoms with Crippen molar-refractivity contribution in [3.63, 3.8) is 0 Å². The van der Waals surface area contributed by atoms with Gasteiger partial charge in [0.1, 0.15) is 24.8 Å². The van der Waals surface area contributed by atoms with Crippen molar-refractivity contribution in [2.45, 2.75) is 98.4 Å². The molecule has 0 saturated carbocycles. The summed E-state index contributed by atoms with van der Waals surface area (Å²) in [7, 11) is 0. The molecular formula is C29H46N4O6. The lowest BCUT2D eigenvalue weighted by Crippen LogP contribution is -2.60. The molecule has 1 aromatic carbocycles. The maximum absolute atomic E-state index is 13.9. The predicted octanol–water partition coefficient (Wildman–Crippen LogP) is 2.83. The lowest BCUT2D eigenvalue weighted by atomic mass is 9.85. The van der Waals surface area contributed by atoms with Crippen molar-refractivity contribution in [1.82, 2.24) is 15.5 Å². The van der Waals surface area contributed by atoms with Gasteiger partial charge in [0.2, 0.25) is 11.8 Å². The second kappa shape index (κ2) is 14.3. The quantitative estimate of drug-likeness (QED) is 0.270. The first-order chi connectivity index (χ1) is 18.3. The van der Waals surface area contributed by atoms with Gasteiger partial charge in [0.15, 0.2) is 0 Å². The number of aryl methyl sites for hydroxylation is 1. The molecule has 1 fully saturated rings. The van der Waals surface area contributed by atoms with Gasteiger partial charge in [-0.25, -0.2) is 0 Å².